The van der Waals surface area contributed by atoms with Crippen LogP contribution in [0.5, 0.6) is 0 Å². The summed E-state index contributed by atoms with van der Waals surface area (Å²) >= 11 is 0. The van der Waals surface area contributed by atoms with Crippen molar-refractivity contribution in [2.45, 2.75) is 6.92 Å². The van der Waals surface area contributed by atoms with E-state index in [0.717, 1.165) is 5.56 Å². The van der Waals surface area contributed by atoms with Gasteiger partial charge in [0.15, 0.2) is 0 Å². The van der Waals surface area contributed by atoms with Crippen LogP contribution in [0.2, 0.25) is 0 Å². The Kier molecular flexibility index (Phi) is 1.53. The Bertz CT molecular complexity index is 201. The zero-order chi connectivity index (χ0) is 6.69. The van der Waals surface area contributed by atoms with Gasteiger partial charge >= 0.3 is 0 Å². The van der Waals surface area contributed by atoms with Crippen molar-refractivity contribution < 1.29 is 9.62 Å². The molecule has 48 valence electrons. The third-order valence-corrected chi connectivity index (χ3v) is 1.09. The van der Waals surface area contributed by atoms with Gasteiger partial charge in [-0.15, -0.1) is 0 Å². The molecule has 0 aromatic carbocycles. The number of nitrogens with zero attached hydrogens (tertiary/aromatic N) is 1. The molecule has 0 fully saturated rings. The van der Waals surface area contributed by atoms with Crippen molar-refractivity contribution in [1.82, 2.24) is 0 Å². The topological polar surface area (TPSA) is 45.7 Å². The summed E-state index contributed by atoms with van der Waals surface area (Å²) in [6.07, 6.45) is 3.05. The maximum atomic E-state index is 8.25. The second-order valence-corrected chi connectivity index (χ2v) is 1.70. The van der Waals surface area contributed by atoms with Crippen LogP contribution >= 0.6 is 0 Å². The van der Waals surface area contributed by atoms with Gasteiger partial charge in [-0.1, -0.05) is 5.16 Å². The molecule has 0 radical (unpaired) electrons. The molecule has 0 aliphatic heterocycles. The Hall–Kier alpha value is -1.25. The van der Waals surface area contributed by atoms with Crippen molar-refractivity contribution in [2.24, 2.45) is 5.16 Å². The van der Waals surface area contributed by atoms with E-state index in [1.54, 1.807) is 13.0 Å². The van der Waals surface area contributed by atoms with Crippen LogP contribution in [0.4, 0.5) is 0 Å². The van der Waals surface area contributed by atoms with Crippen molar-refractivity contribution >= 4 is 5.71 Å². The molecule has 1 rings (SSSR count). The number of hydrogen-bond donors (Lipinski definition) is 1. The highest BCUT2D eigenvalue weighted by atomic mass is 16.4. The highest BCUT2D eigenvalue weighted by Crippen LogP contribution is 2.00. The summed E-state index contributed by atoms with van der Waals surface area (Å²) in [6, 6.07) is 1.73. The minimum absolute atomic E-state index is 0.559. The van der Waals surface area contributed by atoms with E-state index >= 15 is 0 Å². The average Bonchev–Trinajstić information content (AvgIpc) is 2.37. The highest BCUT2D eigenvalue weighted by Gasteiger charge is 1.95. The Morgan fingerprint density at radius 1 is 1.78 bits per heavy atom. The molecule has 0 saturated carbocycles. The number of oxime groups is 1. The Morgan fingerprint density at radius 2 is 2.56 bits per heavy atom. The van der Waals surface area contributed by atoms with Crippen molar-refractivity contribution in [2.75, 3.05) is 0 Å². The molecule has 0 atom stereocenters. The summed E-state index contributed by atoms with van der Waals surface area (Å²) < 4.78 is 4.75. The molecule has 0 unspecified atom stereocenters. The van der Waals surface area contributed by atoms with Crippen molar-refractivity contribution in [1.29, 1.82) is 0 Å². The Morgan fingerprint density at radius 3 is 3.00 bits per heavy atom. The second-order valence-electron chi connectivity index (χ2n) is 1.70. The van der Waals surface area contributed by atoms with Gasteiger partial charge in [0.1, 0.15) is 0 Å². The fourth-order valence-corrected chi connectivity index (χ4v) is 0.528. The quantitative estimate of drug-likeness (QED) is 0.351. The van der Waals surface area contributed by atoms with Gasteiger partial charge in [-0.05, 0) is 13.0 Å². The summed E-state index contributed by atoms with van der Waals surface area (Å²) in [4.78, 5) is 0. The zero-order valence-electron chi connectivity index (χ0n) is 5.03. The molecule has 1 heterocycles. The van der Waals surface area contributed by atoms with Gasteiger partial charge in [-0.3, -0.25) is 0 Å². The van der Waals surface area contributed by atoms with Gasteiger partial charge in [0.25, 0.3) is 0 Å². The van der Waals surface area contributed by atoms with E-state index in [-0.39, 0.29) is 0 Å². The molecule has 0 bridgehead atoms. The van der Waals surface area contributed by atoms with Crippen LogP contribution in [0.15, 0.2) is 28.2 Å². The molecule has 0 aliphatic rings. The first-order chi connectivity index (χ1) is 4.34. The number of rotatable bonds is 1. The van der Waals surface area contributed by atoms with Crippen LogP contribution < -0.4 is 0 Å². The van der Waals surface area contributed by atoms with Gasteiger partial charge < -0.3 is 9.62 Å². The van der Waals surface area contributed by atoms with Crippen LogP contribution in [0, 0.1) is 0 Å². The molecule has 0 spiro atoms. The van der Waals surface area contributed by atoms with Gasteiger partial charge in [0.05, 0.1) is 18.2 Å². The van der Waals surface area contributed by atoms with Crippen molar-refractivity contribution in [3.05, 3.63) is 24.2 Å². The fourth-order valence-electron chi connectivity index (χ4n) is 0.528. The van der Waals surface area contributed by atoms with E-state index in [1.165, 1.54) is 12.5 Å². The van der Waals surface area contributed by atoms with Crippen LogP contribution in [0.25, 0.3) is 0 Å². The minimum atomic E-state index is 0.559. The second kappa shape index (κ2) is 2.35. The molecule has 0 amide bonds. The van der Waals surface area contributed by atoms with E-state index < -0.39 is 0 Å². The first kappa shape index (κ1) is 5.88. The molecule has 1 N–H and O–H groups in total. The van der Waals surface area contributed by atoms with Crippen LogP contribution in [-0.2, 0) is 0 Å². The van der Waals surface area contributed by atoms with Crippen molar-refractivity contribution in [3.63, 3.8) is 0 Å². The Labute approximate surface area is 52.6 Å². The summed E-state index contributed by atoms with van der Waals surface area (Å²) in [5.74, 6) is 0. The smallest absolute Gasteiger partial charge is 0.0994 e. The summed E-state index contributed by atoms with van der Waals surface area (Å²) in [5.41, 5.74) is 1.36. The number of hydrogen-bond acceptors (Lipinski definition) is 3. The van der Waals surface area contributed by atoms with E-state index in [1.807, 2.05) is 0 Å². The van der Waals surface area contributed by atoms with E-state index in [4.69, 9.17) is 9.62 Å². The maximum Gasteiger partial charge on any atom is 0.0994 e. The van der Waals surface area contributed by atoms with Gasteiger partial charge in [-0.25, -0.2) is 0 Å². The average molecular weight is 125 g/mol. The maximum absolute atomic E-state index is 8.25. The lowest BCUT2D eigenvalue weighted by Gasteiger charge is -1.86. The molecule has 0 aliphatic carbocycles. The SMILES string of the molecule is CC(=NO)c1ccoc1. The van der Waals surface area contributed by atoms with Crippen LogP contribution in [0.3, 0.4) is 0 Å². The third-order valence-electron chi connectivity index (χ3n) is 1.09. The predicted molar refractivity (Wildman–Crippen MR) is 32.7 cm³/mol. The van der Waals surface area contributed by atoms with E-state index in [9.17, 15) is 0 Å². The summed E-state index contributed by atoms with van der Waals surface area (Å²) in [5, 5.41) is 11.2. The minimum Gasteiger partial charge on any atom is -0.472 e. The fraction of sp³-hybridized carbons (Fsp3) is 0.167. The normalized spacial score (nSPS) is 11.9. The standard InChI is InChI=1S/C6H7NO2/c1-5(7-8)6-2-3-9-4-6/h2-4,8H,1H3. The first-order valence-electron chi connectivity index (χ1n) is 2.56. The molecule has 1 aromatic heterocycles. The van der Waals surface area contributed by atoms with E-state index in [2.05, 4.69) is 5.16 Å². The van der Waals surface area contributed by atoms with Gasteiger partial charge in [-0.2, -0.15) is 0 Å². The monoisotopic (exact) mass is 125 g/mol. The van der Waals surface area contributed by atoms with Crippen LogP contribution in [0.1, 0.15) is 12.5 Å². The van der Waals surface area contributed by atoms with Crippen molar-refractivity contribution in [3.8, 4) is 0 Å². The number of furan rings is 1. The zero-order valence-corrected chi connectivity index (χ0v) is 5.03. The lowest BCUT2D eigenvalue weighted by atomic mass is 10.2. The first-order valence-corrected chi connectivity index (χ1v) is 2.56. The van der Waals surface area contributed by atoms with Crippen LogP contribution in [-0.4, -0.2) is 10.9 Å². The molecule has 0 saturated heterocycles. The largest absolute Gasteiger partial charge is 0.472 e. The molecular formula is C6H7NO2. The predicted octanol–water partition coefficient (Wildman–Crippen LogP) is 1.48. The highest BCUT2D eigenvalue weighted by molar-refractivity contribution is 5.97. The lowest BCUT2D eigenvalue weighted by molar-refractivity contribution is 0.319. The molecule has 1 aromatic rings. The third kappa shape index (κ3) is 1.10. The van der Waals surface area contributed by atoms with Gasteiger partial charge in [0.2, 0.25) is 0 Å². The summed E-state index contributed by atoms with van der Waals surface area (Å²) in [7, 11) is 0. The molecule has 3 nitrogen and oxygen atoms in total. The van der Waals surface area contributed by atoms with Gasteiger partial charge in [0, 0.05) is 5.56 Å². The Balaban J connectivity index is 2.90. The lowest BCUT2D eigenvalue weighted by Crippen LogP contribution is -1.89. The molecular weight excluding hydrogens is 118 g/mol. The molecule has 3 heteroatoms. The summed E-state index contributed by atoms with van der Waals surface area (Å²) in [6.45, 7) is 1.70. The van der Waals surface area contributed by atoms with E-state index in [0.29, 0.717) is 5.71 Å². The molecule has 9 heavy (non-hydrogen) atoms.